The molecule has 3 nitrogen and oxygen atoms in total. The van der Waals surface area contributed by atoms with Gasteiger partial charge in [0.25, 0.3) is 0 Å². The molecule has 1 aromatic carbocycles. The van der Waals surface area contributed by atoms with E-state index < -0.39 is 6.04 Å². The van der Waals surface area contributed by atoms with E-state index in [0.29, 0.717) is 12.8 Å². The van der Waals surface area contributed by atoms with E-state index in [1.165, 1.54) is 0 Å². The van der Waals surface area contributed by atoms with Crippen molar-refractivity contribution in [2.24, 2.45) is 0 Å². The Bertz CT molecular complexity index is 381. The zero-order valence-corrected chi connectivity index (χ0v) is 10.1. The maximum absolute atomic E-state index is 11.5. The number of rotatable bonds is 6. The molecule has 0 aromatic heterocycles. The number of hydrogen-bond donors (Lipinski definition) is 1. The Hall–Kier alpha value is -1.82. The minimum absolute atomic E-state index is 0.0330. The van der Waals surface area contributed by atoms with Gasteiger partial charge in [0.1, 0.15) is 6.04 Å². The zero-order chi connectivity index (χ0) is 12.5. The third-order valence-corrected chi connectivity index (χ3v) is 2.53. The summed E-state index contributed by atoms with van der Waals surface area (Å²) in [5, 5.41) is 11.7. The lowest BCUT2D eigenvalue weighted by atomic mass is 10.1. The second-order valence-electron chi connectivity index (χ2n) is 4.04. The number of nitrogens with zero attached hydrogens (tertiary/aromatic N) is 1. The number of benzene rings is 1. The maximum atomic E-state index is 11.5. The van der Waals surface area contributed by atoms with E-state index in [9.17, 15) is 4.79 Å². The number of hydrogen-bond acceptors (Lipinski definition) is 2. The van der Waals surface area contributed by atoms with Gasteiger partial charge in [-0.05, 0) is 12.0 Å². The van der Waals surface area contributed by atoms with Crippen molar-refractivity contribution >= 4 is 5.91 Å². The second kappa shape index (κ2) is 7.45. The minimum Gasteiger partial charge on any atom is -0.340 e. The van der Waals surface area contributed by atoms with E-state index in [-0.39, 0.29) is 5.91 Å². The van der Waals surface area contributed by atoms with E-state index in [2.05, 4.69) is 11.4 Å². The van der Waals surface area contributed by atoms with Gasteiger partial charge in [-0.15, -0.1) is 0 Å². The first-order valence-electron chi connectivity index (χ1n) is 5.99. The zero-order valence-electron chi connectivity index (χ0n) is 10.1. The predicted molar refractivity (Wildman–Crippen MR) is 67.2 cm³/mol. The monoisotopic (exact) mass is 230 g/mol. The molecule has 1 rings (SSSR count). The molecule has 0 aliphatic carbocycles. The summed E-state index contributed by atoms with van der Waals surface area (Å²) in [5.41, 5.74) is 1.06. The summed E-state index contributed by atoms with van der Waals surface area (Å²) in [6, 6.07) is 11.4. The van der Waals surface area contributed by atoms with Crippen molar-refractivity contribution in [3.05, 3.63) is 35.9 Å². The third-order valence-electron chi connectivity index (χ3n) is 2.53. The summed E-state index contributed by atoms with van der Waals surface area (Å²) in [4.78, 5) is 11.5. The van der Waals surface area contributed by atoms with Crippen molar-refractivity contribution in [2.75, 3.05) is 0 Å². The molecular formula is C14H18N2O. The smallest absolute Gasteiger partial charge is 0.221 e. The molecule has 0 fully saturated rings. The lowest BCUT2D eigenvalue weighted by Crippen LogP contribution is -2.35. The van der Waals surface area contributed by atoms with E-state index in [1.54, 1.807) is 0 Å². The molecule has 0 bridgehead atoms. The first kappa shape index (κ1) is 13.2. The molecule has 0 saturated heterocycles. The molecule has 0 unspecified atom stereocenters. The Morgan fingerprint density at radius 3 is 2.71 bits per heavy atom. The van der Waals surface area contributed by atoms with Crippen LogP contribution < -0.4 is 5.32 Å². The quantitative estimate of drug-likeness (QED) is 0.816. The van der Waals surface area contributed by atoms with Gasteiger partial charge in [-0.3, -0.25) is 4.79 Å². The number of nitriles is 1. The fourth-order valence-corrected chi connectivity index (χ4v) is 1.58. The maximum Gasteiger partial charge on any atom is 0.221 e. The Balaban J connectivity index is 2.45. The Morgan fingerprint density at radius 2 is 2.12 bits per heavy atom. The van der Waals surface area contributed by atoms with E-state index >= 15 is 0 Å². The van der Waals surface area contributed by atoms with Gasteiger partial charge < -0.3 is 5.32 Å². The summed E-state index contributed by atoms with van der Waals surface area (Å²) in [6.07, 6.45) is 2.93. The lowest BCUT2D eigenvalue weighted by molar-refractivity contribution is -0.121. The Labute approximate surface area is 102 Å². The van der Waals surface area contributed by atoms with Crippen LogP contribution in [0.5, 0.6) is 0 Å². The van der Waals surface area contributed by atoms with Crippen LogP contribution in [0.2, 0.25) is 0 Å². The highest BCUT2D eigenvalue weighted by Gasteiger charge is 2.11. The lowest BCUT2D eigenvalue weighted by Gasteiger charge is -2.11. The first-order valence-corrected chi connectivity index (χ1v) is 5.99. The largest absolute Gasteiger partial charge is 0.340 e. The predicted octanol–water partition coefficient (Wildman–Crippen LogP) is 2.43. The molecule has 0 saturated carbocycles. The van der Waals surface area contributed by atoms with Gasteiger partial charge in [0.2, 0.25) is 5.91 Å². The van der Waals surface area contributed by atoms with Gasteiger partial charge in [-0.1, -0.05) is 43.7 Å². The van der Waals surface area contributed by atoms with Gasteiger partial charge in [0.15, 0.2) is 0 Å². The van der Waals surface area contributed by atoms with E-state index in [0.717, 1.165) is 18.4 Å². The Kier molecular flexibility index (Phi) is 5.81. The van der Waals surface area contributed by atoms with Crippen molar-refractivity contribution < 1.29 is 4.79 Å². The molecule has 0 heterocycles. The molecule has 0 radical (unpaired) electrons. The van der Waals surface area contributed by atoms with Gasteiger partial charge in [-0.2, -0.15) is 5.26 Å². The van der Waals surface area contributed by atoms with Crippen LogP contribution in [0.3, 0.4) is 0 Å². The molecule has 1 N–H and O–H groups in total. The van der Waals surface area contributed by atoms with Gasteiger partial charge in [0.05, 0.1) is 6.07 Å². The Morgan fingerprint density at radius 1 is 1.41 bits per heavy atom. The molecule has 3 heteroatoms. The summed E-state index contributed by atoms with van der Waals surface area (Å²) < 4.78 is 0. The number of nitrogens with one attached hydrogen (secondary N) is 1. The standard InChI is InChI=1S/C14H18N2O/c1-2-3-9-14(17)16-13(11-15)10-12-7-5-4-6-8-12/h4-8,13H,2-3,9-10H2,1H3,(H,16,17)/t13-/m0/s1. The fourth-order valence-electron chi connectivity index (χ4n) is 1.58. The number of carbonyl (C=O) groups excluding carboxylic acids is 1. The highest BCUT2D eigenvalue weighted by molar-refractivity contribution is 5.76. The normalized spacial score (nSPS) is 11.5. The molecule has 0 spiro atoms. The topological polar surface area (TPSA) is 52.9 Å². The van der Waals surface area contributed by atoms with Crippen LogP contribution in [0.1, 0.15) is 31.7 Å². The van der Waals surface area contributed by atoms with Crippen molar-refractivity contribution in [2.45, 2.75) is 38.6 Å². The van der Waals surface area contributed by atoms with Crippen LogP contribution in [0.4, 0.5) is 0 Å². The van der Waals surface area contributed by atoms with Gasteiger partial charge >= 0.3 is 0 Å². The third kappa shape index (κ3) is 5.17. The van der Waals surface area contributed by atoms with E-state index in [1.807, 2.05) is 37.3 Å². The number of carbonyl (C=O) groups is 1. The molecule has 17 heavy (non-hydrogen) atoms. The fraction of sp³-hybridized carbons (Fsp3) is 0.429. The molecule has 0 aliphatic heterocycles. The number of amides is 1. The van der Waals surface area contributed by atoms with Crippen LogP contribution in [0.15, 0.2) is 30.3 Å². The SMILES string of the molecule is CCCCC(=O)N[C@H](C#N)Cc1ccccc1. The summed E-state index contributed by atoms with van der Waals surface area (Å²) in [5.74, 6) is -0.0330. The molecule has 90 valence electrons. The number of unbranched alkanes of at least 4 members (excludes halogenated alkanes) is 1. The minimum atomic E-state index is -0.429. The average molecular weight is 230 g/mol. The molecule has 1 amide bonds. The van der Waals surface area contributed by atoms with Crippen LogP contribution in [0, 0.1) is 11.3 Å². The first-order chi connectivity index (χ1) is 8.26. The second-order valence-corrected chi connectivity index (χ2v) is 4.04. The van der Waals surface area contributed by atoms with Crippen LogP contribution in [-0.2, 0) is 11.2 Å². The summed E-state index contributed by atoms with van der Waals surface area (Å²) in [6.45, 7) is 2.04. The molecular weight excluding hydrogens is 212 g/mol. The van der Waals surface area contributed by atoms with Crippen molar-refractivity contribution in [3.63, 3.8) is 0 Å². The van der Waals surface area contributed by atoms with Crippen molar-refractivity contribution in [1.29, 1.82) is 5.26 Å². The average Bonchev–Trinajstić information content (AvgIpc) is 2.36. The molecule has 1 atom stereocenters. The van der Waals surface area contributed by atoms with Gasteiger partial charge in [-0.25, -0.2) is 0 Å². The van der Waals surface area contributed by atoms with Crippen molar-refractivity contribution in [1.82, 2.24) is 5.32 Å². The molecule has 1 aromatic rings. The highest BCUT2D eigenvalue weighted by atomic mass is 16.1. The van der Waals surface area contributed by atoms with Crippen LogP contribution in [-0.4, -0.2) is 11.9 Å². The van der Waals surface area contributed by atoms with E-state index in [4.69, 9.17) is 5.26 Å². The van der Waals surface area contributed by atoms with Crippen LogP contribution >= 0.6 is 0 Å². The summed E-state index contributed by atoms with van der Waals surface area (Å²) >= 11 is 0. The van der Waals surface area contributed by atoms with Gasteiger partial charge in [0, 0.05) is 12.8 Å². The van der Waals surface area contributed by atoms with Crippen LogP contribution in [0.25, 0.3) is 0 Å². The van der Waals surface area contributed by atoms with Crippen molar-refractivity contribution in [3.8, 4) is 6.07 Å². The highest BCUT2D eigenvalue weighted by Crippen LogP contribution is 2.03. The summed E-state index contributed by atoms with van der Waals surface area (Å²) in [7, 11) is 0. The molecule has 0 aliphatic rings.